The van der Waals surface area contributed by atoms with Crippen LogP contribution < -0.4 is 4.74 Å². The Bertz CT molecular complexity index is 661. The van der Waals surface area contributed by atoms with Gasteiger partial charge >= 0.3 is 5.97 Å². The van der Waals surface area contributed by atoms with Crippen molar-refractivity contribution in [1.82, 2.24) is 15.0 Å². The SMILES string of the molecule is C=C(C)Cn1nnc(C(=O)O)c1-c1cccc(OC)c1. The zero-order chi connectivity index (χ0) is 14.7. The van der Waals surface area contributed by atoms with Crippen LogP contribution in [0.1, 0.15) is 17.4 Å². The molecule has 2 aromatic rings. The molecule has 20 heavy (non-hydrogen) atoms. The molecular formula is C14H15N3O3. The van der Waals surface area contributed by atoms with Gasteiger partial charge in [-0.15, -0.1) is 5.10 Å². The number of nitrogens with zero attached hydrogens (tertiary/aromatic N) is 3. The van der Waals surface area contributed by atoms with Crippen LogP contribution in [0.3, 0.4) is 0 Å². The smallest absolute Gasteiger partial charge is 0.358 e. The average molecular weight is 273 g/mol. The van der Waals surface area contributed by atoms with E-state index < -0.39 is 5.97 Å². The van der Waals surface area contributed by atoms with Crippen molar-refractivity contribution < 1.29 is 14.6 Å². The van der Waals surface area contributed by atoms with Crippen LogP contribution in [0.2, 0.25) is 0 Å². The Morgan fingerprint density at radius 2 is 2.25 bits per heavy atom. The van der Waals surface area contributed by atoms with Crippen LogP contribution in [0, 0.1) is 0 Å². The molecule has 0 atom stereocenters. The second-order valence-corrected chi connectivity index (χ2v) is 4.44. The summed E-state index contributed by atoms with van der Waals surface area (Å²) in [6.07, 6.45) is 0. The topological polar surface area (TPSA) is 77.2 Å². The fraction of sp³-hybridized carbons (Fsp3) is 0.214. The molecule has 0 amide bonds. The molecule has 0 fully saturated rings. The quantitative estimate of drug-likeness (QED) is 0.845. The van der Waals surface area contributed by atoms with Gasteiger partial charge in [0.05, 0.1) is 13.7 Å². The highest BCUT2D eigenvalue weighted by Gasteiger charge is 2.20. The van der Waals surface area contributed by atoms with E-state index in [1.54, 1.807) is 31.4 Å². The Morgan fingerprint density at radius 1 is 1.50 bits per heavy atom. The van der Waals surface area contributed by atoms with Crippen molar-refractivity contribution in [2.24, 2.45) is 0 Å². The average Bonchev–Trinajstić information content (AvgIpc) is 2.81. The molecule has 0 aliphatic heterocycles. The van der Waals surface area contributed by atoms with Gasteiger partial charge in [-0.2, -0.15) is 0 Å². The Balaban J connectivity index is 2.59. The molecule has 0 saturated heterocycles. The van der Waals surface area contributed by atoms with E-state index >= 15 is 0 Å². The van der Waals surface area contributed by atoms with Crippen molar-refractivity contribution in [2.75, 3.05) is 7.11 Å². The highest BCUT2D eigenvalue weighted by molar-refractivity contribution is 5.92. The summed E-state index contributed by atoms with van der Waals surface area (Å²) in [5.74, 6) is -0.474. The first-order valence-electron chi connectivity index (χ1n) is 5.98. The van der Waals surface area contributed by atoms with Crippen molar-refractivity contribution in [1.29, 1.82) is 0 Å². The van der Waals surface area contributed by atoms with E-state index in [2.05, 4.69) is 16.9 Å². The maximum absolute atomic E-state index is 11.3. The number of carboxylic acid groups (broad SMARTS) is 1. The Hall–Kier alpha value is -2.63. The molecule has 1 aromatic carbocycles. The normalized spacial score (nSPS) is 10.3. The molecule has 6 nitrogen and oxygen atoms in total. The van der Waals surface area contributed by atoms with Crippen LogP contribution in [0.15, 0.2) is 36.4 Å². The zero-order valence-corrected chi connectivity index (χ0v) is 11.3. The summed E-state index contributed by atoms with van der Waals surface area (Å²) in [7, 11) is 1.56. The van der Waals surface area contributed by atoms with Gasteiger partial charge in [0.25, 0.3) is 0 Å². The molecule has 0 radical (unpaired) electrons. The van der Waals surface area contributed by atoms with Crippen molar-refractivity contribution in [3.63, 3.8) is 0 Å². The molecule has 2 rings (SSSR count). The molecule has 1 heterocycles. The number of carboxylic acids is 1. The van der Waals surface area contributed by atoms with Gasteiger partial charge in [-0.05, 0) is 19.1 Å². The first-order valence-corrected chi connectivity index (χ1v) is 5.98. The molecule has 0 bridgehead atoms. The van der Waals surface area contributed by atoms with Crippen LogP contribution in [-0.4, -0.2) is 33.2 Å². The maximum atomic E-state index is 11.3. The van der Waals surface area contributed by atoms with Gasteiger partial charge in [0.2, 0.25) is 0 Å². The lowest BCUT2D eigenvalue weighted by molar-refractivity contribution is 0.0691. The molecule has 1 aromatic heterocycles. The predicted molar refractivity (Wildman–Crippen MR) is 73.8 cm³/mol. The van der Waals surface area contributed by atoms with Gasteiger partial charge in [0.15, 0.2) is 5.69 Å². The number of aromatic nitrogens is 3. The second kappa shape index (κ2) is 5.56. The van der Waals surface area contributed by atoms with E-state index in [9.17, 15) is 9.90 Å². The largest absolute Gasteiger partial charge is 0.497 e. The fourth-order valence-corrected chi connectivity index (χ4v) is 1.88. The number of rotatable bonds is 5. The number of hydrogen-bond donors (Lipinski definition) is 1. The maximum Gasteiger partial charge on any atom is 0.358 e. The van der Waals surface area contributed by atoms with Crippen molar-refractivity contribution in [2.45, 2.75) is 13.5 Å². The first-order chi connectivity index (χ1) is 9.52. The van der Waals surface area contributed by atoms with Gasteiger partial charge < -0.3 is 9.84 Å². The molecule has 104 valence electrons. The van der Waals surface area contributed by atoms with Gasteiger partial charge in [0.1, 0.15) is 11.4 Å². The lowest BCUT2D eigenvalue weighted by atomic mass is 10.1. The Labute approximate surface area is 116 Å². The summed E-state index contributed by atoms with van der Waals surface area (Å²) < 4.78 is 6.69. The van der Waals surface area contributed by atoms with Crippen molar-refractivity contribution >= 4 is 5.97 Å². The lowest BCUT2D eigenvalue weighted by Crippen LogP contribution is -2.05. The van der Waals surface area contributed by atoms with Crippen LogP contribution in [0.5, 0.6) is 5.75 Å². The standard InChI is InChI=1S/C14H15N3O3/c1-9(2)8-17-13(12(14(18)19)15-16-17)10-5-4-6-11(7-10)20-3/h4-7H,1,8H2,2-3H3,(H,18,19). The number of aromatic carboxylic acids is 1. The van der Waals surface area contributed by atoms with Crippen LogP contribution >= 0.6 is 0 Å². The summed E-state index contributed by atoms with van der Waals surface area (Å²) in [5.41, 5.74) is 1.91. The molecule has 0 aliphatic carbocycles. The molecule has 0 aliphatic rings. The molecule has 1 N–H and O–H groups in total. The van der Waals surface area contributed by atoms with Crippen molar-refractivity contribution in [3.8, 4) is 17.0 Å². The number of benzene rings is 1. The summed E-state index contributed by atoms with van der Waals surface area (Å²) >= 11 is 0. The van der Waals surface area contributed by atoms with Crippen LogP contribution in [0.4, 0.5) is 0 Å². The van der Waals surface area contributed by atoms with E-state index in [0.717, 1.165) is 5.57 Å². The van der Waals surface area contributed by atoms with E-state index in [1.165, 1.54) is 4.68 Å². The zero-order valence-electron chi connectivity index (χ0n) is 11.3. The third-order valence-electron chi connectivity index (χ3n) is 2.70. The number of allylic oxidation sites excluding steroid dienone is 1. The minimum Gasteiger partial charge on any atom is -0.497 e. The third kappa shape index (κ3) is 2.69. The summed E-state index contributed by atoms with van der Waals surface area (Å²) in [5, 5.41) is 16.9. The predicted octanol–water partition coefficient (Wildman–Crippen LogP) is 2.23. The molecule has 0 saturated carbocycles. The highest BCUT2D eigenvalue weighted by Crippen LogP contribution is 2.26. The molecule has 0 unspecified atom stereocenters. The molecule has 6 heteroatoms. The van der Waals surface area contributed by atoms with Gasteiger partial charge in [0, 0.05) is 5.56 Å². The number of methoxy groups -OCH3 is 1. The third-order valence-corrected chi connectivity index (χ3v) is 2.70. The summed E-state index contributed by atoms with van der Waals surface area (Å²) in [6.45, 7) is 6.07. The minimum atomic E-state index is -1.12. The monoisotopic (exact) mass is 273 g/mol. The fourth-order valence-electron chi connectivity index (χ4n) is 1.88. The molecular weight excluding hydrogens is 258 g/mol. The van der Waals surface area contributed by atoms with Gasteiger partial charge in [-0.3, -0.25) is 0 Å². The second-order valence-electron chi connectivity index (χ2n) is 4.44. The Kier molecular flexibility index (Phi) is 3.84. The van der Waals surface area contributed by atoms with Crippen LogP contribution in [0.25, 0.3) is 11.3 Å². The van der Waals surface area contributed by atoms with Gasteiger partial charge in [-0.1, -0.05) is 29.5 Å². The number of hydrogen-bond acceptors (Lipinski definition) is 4. The minimum absolute atomic E-state index is 0.0838. The van der Waals surface area contributed by atoms with E-state index in [0.29, 0.717) is 23.6 Å². The van der Waals surface area contributed by atoms with Gasteiger partial charge in [-0.25, -0.2) is 9.48 Å². The molecule has 0 spiro atoms. The summed E-state index contributed by atoms with van der Waals surface area (Å²) in [4.78, 5) is 11.3. The number of carbonyl (C=O) groups is 1. The van der Waals surface area contributed by atoms with E-state index in [-0.39, 0.29) is 5.69 Å². The lowest BCUT2D eigenvalue weighted by Gasteiger charge is -2.08. The first kappa shape index (κ1) is 13.8. The van der Waals surface area contributed by atoms with Crippen LogP contribution in [-0.2, 0) is 6.54 Å². The number of ether oxygens (including phenoxy) is 1. The van der Waals surface area contributed by atoms with E-state index in [1.807, 2.05) is 6.92 Å². The highest BCUT2D eigenvalue weighted by atomic mass is 16.5. The van der Waals surface area contributed by atoms with E-state index in [4.69, 9.17) is 4.74 Å². The Morgan fingerprint density at radius 3 is 2.85 bits per heavy atom. The summed E-state index contributed by atoms with van der Waals surface area (Å²) in [6, 6.07) is 7.12. The van der Waals surface area contributed by atoms with Crippen molar-refractivity contribution in [3.05, 3.63) is 42.1 Å².